The van der Waals surface area contributed by atoms with E-state index in [-0.39, 0.29) is 0 Å². The number of carboxylic acid groups (broad SMARTS) is 1. The standard InChI is InChI=1S/C5H7F3O4S/c6-5(7,8)2-12-3-13(11)1-4(9)10/h1-3H2,(H,9,10). The second kappa shape index (κ2) is 5.18. The summed E-state index contributed by atoms with van der Waals surface area (Å²) in [4.78, 5) is 9.90. The minimum atomic E-state index is -4.48. The number of rotatable bonds is 5. The van der Waals surface area contributed by atoms with E-state index in [4.69, 9.17) is 5.11 Å². The van der Waals surface area contributed by atoms with E-state index in [2.05, 4.69) is 4.74 Å². The summed E-state index contributed by atoms with van der Waals surface area (Å²) in [5, 5.41) is 8.07. The summed E-state index contributed by atoms with van der Waals surface area (Å²) in [6.07, 6.45) is -4.48. The van der Waals surface area contributed by atoms with Gasteiger partial charge in [-0.15, -0.1) is 0 Å². The largest absolute Gasteiger partial charge is 0.481 e. The molecule has 0 aliphatic rings. The molecule has 0 aliphatic heterocycles. The monoisotopic (exact) mass is 220 g/mol. The van der Waals surface area contributed by atoms with E-state index < -0.39 is 41.2 Å². The lowest BCUT2D eigenvalue weighted by atomic mass is 10.7. The van der Waals surface area contributed by atoms with Crippen LogP contribution in [-0.2, 0) is 20.3 Å². The molecular weight excluding hydrogens is 213 g/mol. The van der Waals surface area contributed by atoms with Gasteiger partial charge in [-0.2, -0.15) is 13.2 Å². The Balaban J connectivity index is 3.54. The molecule has 0 aromatic rings. The highest BCUT2D eigenvalue weighted by Crippen LogP contribution is 2.14. The molecule has 1 N–H and O–H groups in total. The minimum absolute atomic E-state index is 0.710. The van der Waals surface area contributed by atoms with Crippen LogP contribution in [0.4, 0.5) is 13.2 Å². The molecule has 0 rings (SSSR count). The van der Waals surface area contributed by atoms with Crippen LogP contribution in [0, 0.1) is 0 Å². The van der Waals surface area contributed by atoms with Crippen molar-refractivity contribution in [2.75, 3.05) is 18.3 Å². The maximum Gasteiger partial charge on any atom is 0.411 e. The van der Waals surface area contributed by atoms with Crippen LogP contribution >= 0.6 is 0 Å². The Morgan fingerprint density at radius 2 is 2.00 bits per heavy atom. The van der Waals surface area contributed by atoms with Crippen LogP contribution in [-0.4, -0.2) is 39.8 Å². The quantitative estimate of drug-likeness (QED) is 0.726. The predicted octanol–water partition coefficient (Wildman–Crippen LogP) is 0.356. The lowest BCUT2D eigenvalue weighted by Crippen LogP contribution is -2.20. The predicted molar refractivity (Wildman–Crippen MR) is 37.5 cm³/mol. The maximum atomic E-state index is 11.4. The highest BCUT2D eigenvalue weighted by Gasteiger charge is 2.27. The smallest absolute Gasteiger partial charge is 0.411 e. The summed E-state index contributed by atoms with van der Waals surface area (Å²) in [5.74, 6) is -2.77. The molecule has 0 aromatic carbocycles. The van der Waals surface area contributed by atoms with Crippen LogP contribution in [0.15, 0.2) is 0 Å². The van der Waals surface area contributed by atoms with Crippen molar-refractivity contribution in [3.05, 3.63) is 0 Å². The van der Waals surface area contributed by atoms with Gasteiger partial charge in [-0.25, -0.2) is 0 Å². The van der Waals surface area contributed by atoms with Crippen LogP contribution in [0.1, 0.15) is 0 Å². The molecule has 0 saturated carbocycles. The van der Waals surface area contributed by atoms with Gasteiger partial charge < -0.3 is 9.84 Å². The molecule has 4 nitrogen and oxygen atoms in total. The van der Waals surface area contributed by atoms with Crippen molar-refractivity contribution in [2.24, 2.45) is 0 Å². The lowest BCUT2D eigenvalue weighted by molar-refractivity contribution is -0.169. The van der Waals surface area contributed by atoms with Crippen molar-refractivity contribution < 1.29 is 32.0 Å². The molecule has 0 radical (unpaired) electrons. The van der Waals surface area contributed by atoms with E-state index >= 15 is 0 Å². The molecule has 8 heteroatoms. The number of aliphatic carboxylic acids is 1. The average molecular weight is 220 g/mol. The number of halogens is 3. The van der Waals surface area contributed by atoms with Crippen LogP contribution in [0.3, 0.4) is 0 Å². The molecule has 0 spiro atoms. The number of carboxylic acids is 1. The summed E-state index contributed by atoms with van der Waals surface area (Å²) in [5.41, 5.74) is 0. The SMILES string of the molecule is O=C(O)CS(=O)COCC(F)(F)F. The first-order chi connectivity index (χ1) is 5.81. The van der Waals surface area contributed by atoms with Gasteiger partial charge in [-0.05, 0) is 0 Å². The molecule has 78 valence electrons. The van der Waals surface area contributed by atoms with E-state index in [9.17, 15) is 22.2 Å². The molecule has 0 aromatic heterocycles. The first kappa shape index (κ1) is 12.4. The molecule has 0 saturated heterocycles. The zero-order valence-electron chi connectivity index (χ0n) is 6.34. The van der Waals surface area contributed by atoms with Gasteiger partial charge in [0.15, 0.2) is 0 Å². The maximum absolute atomic E-state index is 11.4. The third-order valence-electron chi connectivity index (χ3n) is 0.765. The number of hydrogen-bond acceptors (Lipinski definition) is 3. The van der Waals surface area contributed by atoms with Crippen LogP contribution in [0.2, 0.25) is 0 Å². The zero-order valence-corrected chi connectivity index (χ0v) is 7.15. The van der Waals surface area contributed by atoms with Crippen molar-refractivity contribution in [3.63, 3.8) is 0 Å². The van der Waals surface area contributed by atoms with E-state index in [1.807, 2.05) is 0 Å². The fraction of sp³-hybridized carbons (Fsp3) is 0.800. The average Bonchev–Trinajstić information content (AvgIpc) is 1.81. The summed E-state index contributed by atoms with van der Waals surface area (Å²) < 4.78 is 48.8. The number of ether oxygens (including phenoxy) is 1. The first-order valence-electron chi connectivity index (χ1n) is 3.02. The van der Waals surface area contributed by atoms with E-state index in [1.54, 1.807) is 0 Å². The van der Waals surface area contributed by atoms with Crippen LogP contribution < -0.4 is 0 Å². The van der Waals surface area contributed by atoms with Gasteiger partial charge >= 0.3 is 12.1 Å². The van der Waals surface area contributed by atoms with E-state index in [0.29, 0.717) is 0 Å². The minimum Gasteiger partial charge on any atom is -0.481 e. The molecule has 0 amide bonds. The molecule has 1 atom stereocenters. The molecule has 0 aliphatic carbocycles. The summed E-state index contributed by atoms with van der Waals surface area (Å²) in [7, 11) is -1.91. The van der Waals surface area contributed by atoms with Gasteiger partial charge in [0.25, 0.3) is 0 Å². The second-order valence-electron chi connectivity index (χ2n) is 2.06. The number of hydrogen-bond donors (Lipinski definition) is 1. The van der Waals surface area contributed by atoms with Gasteiger partial charge in [0.05, 0.1) is 10.8 Å². The fourth-order valence-electron chi connectivity index (χ4n) is 0.430. The van der Waals surface area contributed by atoms with Gasteiger partial charge in [0.2, 0.25) is 0 Å². The summed E-state index contributed by atoms with van der Waals surface area (Å²) in [6.45, 7) is -1.52. The molecule has 13 heavy (non-hydrogen) atoms. The Hall–Kier alpha value is -0.630. The Labute approximate surface area is 74.1 Å². The van der Waals surface area contributed by atoms with Crippen molar-refractivity contribution in [1.82, 2.24) is 0 Å². The normalized spacial score (nSPS) is 14.1. The van der Waals surface area contributed by atoms with Crippen LogP contribution in [0.25, 0.3) is 0 Å². The zero-order chi connectivity index (χ0) is 10.5. The van der Waals surface area contributed by atoms with Gasteiger partial charge in [-0.3, -0.25) is 9.00 Å². The van der Waals surface area contributed by atoms with Gasteiger partial charge in [0, 0.05) is 0 Å². The Morgan fingerprint density at radius 1 is 1.46 bits per heavy atom. The molecule has 0 fully saturated rings. The fourth-order valence-corrected chi connectivity index (χ4v) is 1.06. The van der Waals surface area contributed by atoms with Crippen molar-refractivity contribution in [2.45, 2.75) is 6.18 Å². The first-order valence-corrected chi connectivity index (χ1v) is 4.51. The van der Waals surface area contributed by atoms with Gasteiger partial charge in [0.1, 0.15) is 18.3 Å². The third kappa shape index (κ3) is 9.28. The Morgan fingerprint density at radius 3 is 2.38 bits per heavy atom. The van der Waals surface area contributed by atoms with Crippen molar-refractivity contribution >= 4 is 16.8 Å². The molecular formula is C5H7F3O4S. The Bertz CT molecular complexity index is 202. The highest BCUT2D eigenvalue weighted by atomic mass is 32.2. The van der Waals surface area contributed by atoms with Crippen LogP contribution in [0.5, 0.6) is 0 Å². The number of alkyl halides is 3. The topological polar surface area (TPSA) is 63.6 Å². The van der Waals surface area contributed by atoms with Crippen molar-refractivity contribution in [1.29, 1.82) is 0 Å². The molecule has 1 unspecified atom stereocenters. The number of carbonyl (C=O) groups is 1. The highest BCUT2D eigenvalue weighted by molar-refractivity contribution is 7.85. The Kier molecular flexibility index (Phi) is 4.92. The van der Waals surface area contributed by atoms with Gasteiger partial charge in [-0.1, -0.05) is 0 Å². The second-order valence-corrected chi connectivity index (χ2v) is 3.46. The lowest BCUT2D eigenvalue weighted by Gasteiger charge is -2.05. The van der Waals surface area contributed by atoms with E-state index in [1.165, 1.54) is 0 Å². The molecule has 0 heterocycles. The summed E-state index contributed by atoms with van der Waals surface area (Å²) >= 11 is 0. The third-order valence-corrected chi connectivity index (χ3v) is 1.76. The summed E-state index contributed by atoms with van der Waals surface area (Å²) in [6, 6.07) is 0. The molecule has 0 bridgehead atoms. The van der Waals surface area contributed by atoms with Crippen molar-refractivity contribution in [3.8, 4) is 0 Å². The van der Waals surface area contributed by atoms with E-state index in [0.717, 1.165) is 0 Å².